The number of benzene rings is 4. The van der Waals surface area contributed by atoms with Gasteiger partial charge in [-0.2, -0.15) is 0 Å². The van der Waals surface area contributed by atoms with E-state index in [0.717, 1.165) is 45.0 Å². The van der Waals surface area contributed by atoms with Gasteiger partial charge in [0.05, 0.1) is 0 Å². The van der Waals surface area contributed by atoms with Gasteiger partial charge in [0.1, 0.15) is 0 Å². The molecule has 0 aromatic heterocycles. The second-order valence-electron chi connectivity index (χ2n) is 8.35. The molecule has 0 N–H and O–H groups in total. The van der Waals surface area contributed by atoms with Crippen molar-refractivity contribution in [3.8, 4) is 0 Å². The fraction of sp³-hybridized carbons (Fsp3) is 0.133. The van der Waals surface area contributed by atoms with Crippen LogP contribution < -0.4 is 9.80 Å². The van der Waals surface area contributed by atoms with E-state index in [9.17, 15) is 0 Å². The summed E-state index contributed by atoms with van der Waals surface area (Å²) in [6, 6.07) is 32.5. The summed E-state index contributed by atoms with van der Waals surface area (Å²) in [5.41, 5.74) is 8.83. The Kier molecular flexibility index (Phi) is 12.9. The quantitative estimate of drug-likeness (QED) is 0.135. The Labute approximate surface area is 272 Å². The van der Waals surface area contributed by atoms with Crippen molar-refractivity contribution in [2.45, 2.75) is 27.7 Å². The van der Waals surface area contributed by atoms with Gasteiger partial charge in [-0.25, -0.2) is 0 Å². The Morgan fingerprint density at radius 3 is 0.811 bits per heavy atom. The van der Waals surface area contributed by atoms with Crippen LogP contribution in [-0.4, -0.2) is 46.4 Å². The van der Waals surface area contributed by atoms with Gasteiger partial charge in [0, 0.05) is 22.7 Å². The van der Waals surface area contributed by atoms with E-state index in [2.05, 4.69) is 52.0 Å². The van der Waals surface area contributed by atoms with Crippen molar-refractivity contribution in [3.63, 3.8) is 0 Å². The standard InChI is InChI=1S/2C15H15NS2.Ca/c2*1-11-7-3-5-9-13(11)16(15(17)18)14-10-6-4-8-12(14)2;/h2*3-10H,1-2H3,(H,17,18);/q;;+2/p-2. The fourth-order valence-corrected chi connectivity index (χ4v) is 4.70. The van der Waals surface area contributed by atoms with Crippen LogP contribution in [0.2, 0.25) is 0 Å². The van der Waals surface area contributed by atoms with Gasteiger partial charge >= 0.3 is 37.7 Å². The maximum Gasteiger partial charge on any atom is 2.00 e. The van der Waals surface area contributed by atoms with Crippen molar-refractivity contribution >= 4 is 119 Å². The molecule has 0 heterocycles. The smallest absolute Gasteiger partial charge is 0.411 e. The molecule has 0 unspecified atom stereocenters. The maximum atomic E-state index is 5.24. The molecular weight excluding hydrogens is 557 g/mol. The van der Waals surface area contributed by atoms with E-state index in [-0.39, 0.29) is 37.7 Å². The molecule has 4 rings (SSSR count). The third-order valence-corrected chi connectivity index (χ3v) is 6.52. The van der Waals surface area contributed by atoms with Gasteiger partial charge in [-0.15, -0.1) is 0 Å². The summed E-state index contributed by atoms with van der Waals surface area (Å²) in [6.45, 7) is 8.25. The monoisotopic (exact) mass is 584 g/mol. The number of rotatable bonds is 4. The largest absolute Gasteiger partial charge is 2.00 e. The van der Waals surface area contributed by atoms with Gasteiger partial charge in [-0.3, -0.25) is 0 Å². The molecule has 2 nitrogen and oxygen atoms in total. The van der Waals surface area contributed by atoms with E-state index in [0.29, 0.717) is 8.64 Å². The summed E-state index contributed by atoms with van der Waals surface area (Å²) in [7, 11) is 0. The van der Waals surface area contributed by atoms with Gasteiger partial charge in [-0.1, -0.05) is 81.4 Å². The summed E-state index contributed by atoms with van der Waals surface area (Å²) < 4.78 is 0.886. The first-order chi connectivity index (χ1) is 17.2. The minimum atomic E-state index is 0. The number of nitrogens with zero attached hydrogens (tertiary/aromatic N) is 2. The van der Waals surface area contributed by atoms with Crippen molar-refractivity contribution in [2.24, 2.45) is 0 Å². The third kappa shape index (κ3) is 8.17. The van der Waals surface area contributed by atoms with Crippen molar-refractivity contribution in [1.82, 2.24) is 0 Å². The molecule has 0 aliphatic carbocycles. The van der Waals surface area contributed by atoms with E-state index in [4.69, 9.17) is 49.7 Å². The Hall–Kier alpha value is -1.64. The van der Waals surface area contributed by atoms with Crippen LogP contribution in [0.5, 0.6) is 0 Å². The Bertz CT molecular complexity index is 1180. The molecule has 0 aliphatic heterocycles. The first-order valence-electron chi connectivity index (χ1n) is 11.5. The van der Waals surface area contributed by atoms with Gasteiger partial charge < -0.3 is 59.5 Å². The van der Waals surface area contributed by atoms with Gasteiger partial charge in [0.25, 0.3) is 0 Å². The van der Waals surface area contributed by atoms with E-state index >= 15 is 0 Å². The fourth-order valence-electron chi connectivity index (χ4n) is 3.91. The molecule has 4 aromatic rings. The maximum absolute atomic E-state index is 5.24. The zero-order chi connectivity index (χ0) is 26.2. The van der Waals surface area contributed by atoms with Crippen molar-refractivity contribution in [2.75, 3.05) is 9.80 Å². The SMILES string of the molecule is Cc1ccccc1N(C(=S)[S-])c1ccccc1C.Cc1ccccc1N(C(=S)[S-])c1ccccc1C.[Ca+2]. The van der Waals surface area contributed by atoms with E-state index < -0.39 is 0 Å². The first kappa shape index (κ1) is 31.6. The van der Waals surface area contributed by atoms with Crippen molar-refractivity contribution in [1.29, 1.82) is 0 Å². The van der Waals surface area contributed by atoms with Crippen LogP contribution in [-0.2, 0) is 25.3 Å². The van der Waals surface area contributed by atoms with Crippen LogP contribution in [0.15, 0.2) is 97.1 Å². The van der Waals surface area contributed by atoms with Crippen molar-refractivity contribution in [3.05, 3.63) is 119 Å². The molecule has 4 aromatic carbocycles. The summed E-state index contributed by atoms with van der Waals surface area (Å²) in [5, 5.41) is 0. The molecule has 0 aliphatic rings. The summed E-state index contributed by atoms with van der Waals surface area (Å²) >= 11 is 21.0. The number of anilines is 4. The van der Waals surface area contributed by atoms with E-state index in [1.807, 2.05) is 82.6 Å². The molecule has 0 fully saturated rings. The number of hydrogen-bond donors (Lipinski definition) is 0. The number of hydrogen-bond acceptors (Lipinski definition) is 4. The molecule has 0 radical (unpaired) electrons. The first-order valence-corrected chi connectivity index (χ1v) is 13.1. The second kappa shape index (κ2) is 15.1. The molecule has 0 saturated heterocycles. The Balaban J connectivity index is 0.000000253. The van der Waals surface area contributed by atoms with Crippen LogP contribution >= 0.6 is 24.4 Å². The molecule has 37 heavy (non-hydrogen) atoms. The van der Waals surface area contributed by atoms with E-state index in [1.54, 1.807) is 0 Å². The van der Waals surface area contributed by atoms with Gasteiger partial charge in [-0.05, 0) is 74.2 Å². The molecule has 0 saturated carbocycles. The van der Waals surface area contributed by atoms with E-state index in [1.165, 1.54) is 0 Å². The van der Waals surface area contributed by atoms with Crippen LogP contribution in [0, 0.1) is 27.7 Å². The number of aryl methyl sites for hydroxylation is 4. The molecule has 0 spiro atoms. The summed E-state index contributed by atoms with van der Waals surface area (Å²) in [4.78, 5) is 3.91. The predicted molar refractivity (Wildman–Crippen MR) is 175 cm³/mol. The molecular formula is C30H28CaN2S4. The van der Waals surface area contributed by atoms with Crippen LogP contribution in [0.1, 0.15) is 22.3 Å². The van der Waals surface area contributed by atoms with Crippen LogP contribution in [0.25, 0.3) is 0 Å². The second-order valence-corrected chi connectivity index (χ2v) is 10.4. The van der Waals surface area contributed by atoms with Crippen LogP contribution in [0.4, 0.5) is 22.7 Å². The molecule has 7 heteroatoms. The normalized spacial score (nSPS) is 9.84. The average Bonchev–Trinajstić information content (AvgIpc) is 2.84. The average molecular weight is 585 g/mol. The Morgan fingerprint density at radius 1 is 0.459 bits per heavy atom. The van der Waals surface area contributed by atoms with Crippen LogP contribution in [0.3, 0.4) is 0 Å². The number of thiocarbonyl (C=S) groups is 2. The molecule has 0 amide bonds. The molecule has 0 bridgehead atoms. The predicted octanol–water partition coefficient (Wildman–Crippen LogP) is 8.17. The molecule has 184 valence electrons. The topological polar surface area (TPSA) is 6.48 Å². The van der Waals surface area contributed by atoms with Gasteiger partial charge in [0.2, 0.25) is 0 Å². The zero-order valence-corrected chi connectivity index (χ0v) is 26.9. The third-order valence-electron chi connectivity index (χ3n) is 5.79. The Morgan fingerprint density at radius 2 is 0.649 bits per heavy atom. The number of para-hydroxylation sites is 4. The van der Waals surface area contributed by atoms with Gasteiger partial charge in [0.15, 0.2) is 0 Å². The zero-order valence-electron chi connectivity index (χ0n) is 21.5. The summed E-state index contributed by atoms with van der Waals surface area (Å²) in [6.07, 6.45) is 0. The molecule has 0 atom stereocenters. The summed E-state index contributed by atoms with van der Waals surface area (Å²) in [5.74, 6) is 0. The van der Waals surface area contributed by atoms with Crippen molar-refractivity contribution < 1.29 is 0 Å². The minimum Gasteiger partial charge on any atom is -0.411 e. The minimum absolute atomic E-state index is 0.